The molecule has 1 saturated heterocycles. The zero-order valence-electron chi connectivity index (χ0n) is 10.5. The van der Waals surface area contributed by atoms with Crippen LogP contribution in [0.15, 0.2) is 30.3 Å². The molecule has 0 aromatic heterocycles. The average molecular weight is 284 g/mol. The number of aliphatic hydroxyl groups excluding tert-OH is 4. The summed E-state index contributed by atoms with van der Waals surface area (Å²) in [4.78, 5) is 11.9. The number of hydrogen-bond acceptors (Lipinski definition) is 7. The first-order chi connectivity index (χ1) is 9.54. The molecule has 0 amide bonds. The molecule has 4 N–H and O–H groups in total. The van der Waals surface area contributed by atoms with Crippen LogP contribution in [-0.2, 0) is 9.47 Å². The molecule has 0 saturated carbocycles. The Morgan fingerprint density at radius 1 is 1.15 bits per heavy atom. The molecule has 1 fully saturated rings. The van der Waals surface area contributed by atoms with Gasteiger partial charge in [-0.05, 0) is 12.1 Å². The van der Waals surface area contributed by atoms with Crippen molar-refractivity contribution in [1.82, 2.24) is 0 Å². The maximum atomic E-state index is 11.9. The Kier molecular flexibility index (Phi) is 4.69. The van der Waals surface area contributed by atoms with E-state index in [2.05, 4.69) is 0 Å². The highest BCUT2D eigenvalue weighted by Crippen LogP contribution is 2.23. The second-order valence-corrected chi connectivity index (χ2v) is 4.46. The van der Waals surface area contributed by atoms with Crippen LogP contribution in [0.3, 0.4) is 0 Å². The standard InChI is InChI=1S/C13H16O7/c14-6-8-9(15)11(10(16)13(18)19-8)20-12(17)7-4-2-1-3-5-7/h1-5,8-11,13-16,18H,6H2. The number of rotatable bonds is 3. The highest BCUT2D eigenvalue weighted by molar-refractivity contribution is 5.89. The molecule has 0 aliphatic carbocycles. The van der Waals surface area contributed by atoms with Gasteiger partial charge in [0.1, 0.15) is 18.3 Å². The van der Waals surface area contributed by atoms with Crippen molar-refractivity contribution in [2.45, 2.75) is 30.7 Å². The van der Waals surface area contributed by atoms with E-state index in [1.54, 1.807) is 18.2 Å². The Hall–Kier alpha value is -1.51. The van der Waals surface area contributed by atoms with Gasteiger partial charge in [-0.2, -0.15) is 0 Å². The van der Waals surface area contributed by atoms with Crippen LogP contribution >= 0.6 is 0 Å². The third-order valence-corrected chi connectivity index (χ3v) is 3.09. The van der Waals surface area contributed by atoms with Crippen molar-refractivity contribution in [1.29, 1.82) is 0 Å². The third kappa shape index (κ3) is 2.97. The van der Waals surface area contributed by atoms with Gasteiger partial charge in [0.05, 0.1) is 12.2 Å². The minimum atomic E-state index is -1.65. The topological polar surface area (TPSA) is 116 Å². The smallest absolute Gasteiger partial charge is 0.338 e. The maximum Gasteiger partial charge on any atom is 0.338 e. The van der Waals surface area contributed by atoms with Crippen molar-refractivity contribution in [3.8, 4) is 0 Å². The van der Waals surface area contributed by atoms with Crippen LogP contribution in [0.4, 0.5) is 0 Å². The quantitative estimate of drug-likeness (QED) is 0.507. The number of aliphatic hydroxyl groups is 4. The van der Waals surface area contributed by atoms with Crippen LogP contribution < -0.4 is 0 Å². The summed E-state index contributed by atoms with van der Waals surface area (Å²) in [5.41, 5.74) is 0.244. The molecule has 5 atom stereocenters. The second kappa shape index (κ2) is 6.29. The molecule has 0 radical (unpaired) electrons. The zero-order valence-corrected chi connectivity index (χ0v) is 10.5. The van der Waals surface area contributed by atoms with Gasteiger partial charge < -0.3 is 29.9 Å². The number of benzene rings is 1. The van der Waals surface area contributed by atoms with E-state index >= 15 is 0 Å². The van der Waals surface area contributed by atoms with E-state index < -0.39 is 43.3 Å². The lowest BCUT2D eigenvalue weighted by Gasteiger charge is -2.39. The normalized spacial score (nSPS) is 33.7. The summed E-state index contributed by atoms with van der Waals surface area (Å²) in [6.45, 7) is -0.579. The molecule has 5 unspecified atom stereocenters. The first kappa shape index (κ1) is 14.9. The van der Waals surface area contributed by atoms with Crippen molar-refractivity contribution < 1.29 is 34.7 Å². The Morgan fingerprint density at radius 3 is 2.40 bits per heavy atom. The van der Waals surface area contributed by atoms with Crippen molar-refractivity contribution >= 4 is 5.97 Å². The highest BCUT2D eigenvalue weighted by Gasteiger charge is 2.46. The first-order valence-corrected chi connectivity index (χ1v) is 6.11. The maximum absolute atomic E-state index is 11.9. The van der Waals surface area contributed by atoms with Gasteiger partial charge in [0.2, 0.25) is 0 Å². The molecule has 1 aliphatic heterocycles. The Labute approximate surface area is 115 Å². The first-order valence-electron chi connectivity index (χ1n) is 6.11. The van der Waals surface area contributed by atoms with Gasteiger partial charge >= 0.3 is 5.97 Å². The number of ether oxygens (including phenoxy) is 2. The van der Waals surface area contributed by atoms with E-state index in [4.69, 9.17) is 14.6 Å². The SMILES string of the molecule is O=C(OC1C(O)C(O)OC(CO)C1O)c1ccccc1. The number of hydrogen-bond donors (Lipinski definition) is 4. The highest BCUT2D eigenvalue weighted by atomic mass is 16.7. The van der Waals surface area contributed by atoms with E-state index in [1.807, 2.05) is 0 Å². The van der Waals surface area contributed by atoms with Crippen molar-refractivity contribution in [2.24, 2.45) is 0 Å². The summed E-state index contributed by atoms with van der Waals surface area (Å²) in [7, 11) is 0. The lowest BCUT2D eigenvalue weighted by atomic mass is 9.99. The van der Waals surface area contributed by atoms with Crippen LogP contribution in [0.25, 0.3) is 0 Å². The van der Waals surface area contributed by atoms with Gasteiger partial charge in [0, 0.05) is 0 Å². The van der Waals surface area contributed by atoms with Crippen molar-refractivity contribution in [3.63, 3.8) is 0 Å². The largest absolute Gasteiger partial charge is 0.453 e. The number of carbonyl (C=O) groups is 1. The molecule has 0 bridgehead atoms. The minimum absolute atomic E-state index is 0.244. The summed E-state index contributed by atoms with van der Waals surface area (Å²) < 4.78 is 9.81. The molecule has 2 rings (SSSR count). The van der Waals surface area contributed by atoms with Crippen LogP contribution in [0.2, 0.25) is 0 Å². The molecule has 1 aromatic rings. The molecule has 1 aliphatic rings. The lowest BCUT2D eigenvalue weighted by molar-refractivity contribution is -0.285. The zero-order chi connectivity index (χ0) is 14.7. The molecule has 1 heterocycles. The summed E-state index contributed by atoms with van der Waals surface area (Å²) in [5.74, 6) is -0.750. The fourth-order valence-corrected chi connectivity index (χ4v) is 1.97. The predicted octanol–water partition coefficient (Wildman–Crippen LogP) is -1.36. The van der Waals surface area contributed by atoms with Crippen molar-refractivity contribution in [3.05, 3.63) is 35.9 Å². The molecular formula is C13H16O7. The fourth-order valence-electron chi connectivity index (χ4n) is 1.97. The molecule has 1 aromatic carbocycles. The van der Waals surface area contributed by atoms with E-state index in [0.29, 0.717) is 0 Å². The summed E-state index contributed by atoms with van der Waals surface area (Å²) in [6.07, 6.45) is -7.21. The fraction of sp³-hybridized carbons (Fsp3) is 0.462. The van der Waals surface area contributed by atoms with E-state index in [9.17, 15) is 20.1 Å². The van der Waals surface area contributed by atoms with Gasteiger partial charge in [-0.25, -0.2) is 4.79 Å². The third-order valence-electron chi connectivity index (χ3n) is 3.09. The summed E-state index contributed by atoms with van der Waals surface area (Å²) in [5, 5.41) is 38.1. The van der Waals surface area contributed by atoms with E-state index in [0.717, 1.165) is 0 Å². The predicted molar refractivity (Wildman–Crippen MR) is 65.6 cm³/mol. The lowest BCUT2D eigenvalue weighted by Crippen LogP contribution is -2.59. The Bertz CT molecular complexity index is 449. The number of esters is 1. The van der Waals surface area contributed by atoms with Crippen LogP contribution in [0.1, 0.15) is 10.4 Å². The van der Waals surface area contributed by atoms with Crippen LogP contribution in [0.5, 0.6) is 0 Å². The Balaban J connectivity index is 2.11. The van der Waals surface area contributed by atoms with Gasteiger partial charge in [-0.1, -0.05) is 18.2 Å². The monoisotopic (exact) mass is 284 g/mol. The van der Waals surface area contributed by atoms with Gasteiger partial charge in [0.15, 0.2) is 12.4 Å². The molecular weight excluding hydrogens is 268 g/mol. The summed E-state index contributed by atoms with van der Waals surface area (Å²) >= 11 is 0. The van der Waals surface area contributed by atoms with Crippen LogP contribution in [-0.4, -0.2) is 63.7 Å². The van der Waals surface area contributed by atoms with Gasteiger partial charge in [-0.3, -0.25) is 0 Å². The number of carbonyl (C=O) groups excluding carboxylic acids is 1. The van der Waals surface area contributed by atoms with Crippen LogP contribution in [0, 0.1) is 0 Å². The molecule has 20 heavy (non-hydrogen) atoms. The minimum Gasteiger partial charge on any atom is -0.453 e. The van der Waals surface area contributed by atoms with E-state index in [-0.39, 0.29) is 5.56 Å². The average Bonchev–Trinajstić information content (AvgIpc) is 2.48. The van der Waals surface area contributed by atoms with Crippen molar-refractivity contribution in [2.75, 3.05) is 6.61 Å². The summed E-state index contributed by atoms with van der Waals surface area (Å²) in [6, 6.07) is 8.03. The molecule has 7 heteroatoms. The Morgan fingerprint density at radius 2 is 1.80 bits per heavy atom. The second-order valence-electron chi connectivity index (χ2n) is 4.46. The molecule has 0 spiro atoms. The van der Waals surface area contributed by atoms with Gasteiger partial charge in [-0.15, -0.1) is 0 Å². The molecule has 110 valence electrons. The molecule has 7 nitrogen and oxygen atoms in total. The van der Waals surface area contributed by atoms with E-state index in [1.165, 1.54) is 12.1 Å². The van der Waals surface area contributed by atoms with Gasteiger partial charge in [0.25, 0.3) is 0 Å².